The fraction of sp³-hybridized carbons (Fsp3) is 0.562. The number of hydrogen-bond acceptors (Lipinski definition) is 2. The summed E-state index contributed by atoms with van der Waals surface area (Å²) in [5.41, 5.74) is 1.93. The Balaban J connectivity index is 2.83. The predicted octanol–water partition coefficient (Wildman–Crippen LogP) is 4.34. The molecule has 1 amide bonds. The third-order valence-electron chi connectivity index (χ3n) is 3.13. The summed E-state index contributed by atoms with van der Waals surface area (Å²) in [5.74, 6) is 1.28. The summed E-state index contributed by atoms with van der Waals surface area (Å²) in [5, 5.41) is 2.93. The number of hydrogen-bond donors (Lipinski definition) is 1. The number of halogens is 1. The van der Waals surface area contributed by atoms with Crippen LogP contribution < -0.4 is 10.1 Å². The quantitative estimate of drug-likeness (QED) is 0.626. The Hall–Kier alpha value is -1.22. The van der Waals surface area contributed by atoms with Gasteiger partial charge in [0.25, 0.3) is 0 Å². The van der Waals surface area contributed by atoms with Crippen LogP contribution in [0.5, 0.6) is 5.75 Å². The van der Waals surface area contributed by atoms with E-state index < -0.39 is 0 Å². The van der Waals surface area contributed by atoms with Crippen LogP contribution in [0, 0.1) is 0 Å². The summed E-state index contributed by atoms with van der Waals surface area (Å²) in [6.45, 7) is 6.42. The monoisotopic (exact) mass is 297 g/mol. The topological polar surface area (TPSA) is 38.3 Å². The van der Waals surface area contributed by atoms with Crippen molar-refractivity contribution in [1.29, 1.82) is 0 Å². The highest BCUT2D eigenvalue weighted by Crippen LogP contribution is 2.31. The molecule has 0 aliphatic rings. The number of benzene rings is 1. The Morgan fingerprint density at radius 1 is 1.30 bits per heavy atom. The van der Waals surface area contributed by atoms with Crippen LogP contribution in [0.25, 0.3) is 0 Å². The van der Waals surface area contributed by atoms with Crippen LogP contribution in [-0.2, 0) is 10.2 Å². The molecule has 0 aliphatic heterocycles. The van der Waals surface area contributed by atoms with E-state index in [4.69, 9.17) is 16.3 Å². The Labute approximate surface area is 126 Å². The average molecular weight is 298 g/mol. The molecule has 3 nitrogen and oxygen atoms in total. The van der Waals surface area contributed by atoms with Crippen LogP contribution in [-0.4, -0.2) is 18.9 Å². The zero-order valence-electron chi connectivity index (χ0n) is 12.8. The van der Waals surface area contributed by atoms with Gasteiger partial charge in [-0.05, 0) is 36.0 Å². The molecule has 0 saturated carbocycles. The van der Waals surface area contributed by atoms with E-state index in [0.29, 0.717) is 18.1 Å². The van der Waals surface area contributed by atoms with Gasteiger partial charge < -0.3 is 10.1 Å². The Morgan fingerprint density at radius 2 is 2.00 bits per heavy atom. The highest BCUT2D eigenvalue weighted by atomic mass is 35.5. The largest absolute Gasteiger partial charge is 0.495 e. The first-order valence-electron chi connectivity index (χ1n) is 6.93. The number of carbonyl (C=O) groups is 1. The lowest BCUT2D eigenvalue weighted by Gasteiger charge is -2.21. The number of ether oxygens (including phenoxy) is 1. The van der Waals surface area contributed by atoms with Gasteiger partial charge in [-0.1, -0.05) is 26.8 Å². The lowest BCUT2D eigenvalue weighted by molar-refractivity contribution is -0.116. The smallest absolute Gasteiger partial charge is 0.224 e. The first-order valence-corrected chi connectivity index (χ1v) is 7.46. The van der Waals surface area contributed by atoms with E-state index in [1.54, 1.807) is 7.11 Å². The van der Waals surface area contributed by atoms with Crippen molar-refractivity contribution in [3.05, 3.63) is 23.8 Å². The lowest BCUT2D eigenvalue weighted by Crippen LogP contribution is -2.15. The van der Waals surface area contributed by atoms with Crippen LogP contribution >= 0.6 is 11.6 Å². The third-order valence-corrected chi connectivity index (χ3v) is 3.39. The summed E-state index contributed by atoms with van der Waals surface area (Å²) in [6.07, 6.45) is 2.14. The maximum atomic E-state index is 11.9. The normalized spacial score (nSPS) is 11.2. The lowest BCUT2D eigenvalue weighted by atomic mass is 9.87. The van der Waals surface area contributed by atoms with Gasteiger partial charge in [-0.15, -0.1) is 11.6 Å². The second-order valence-corrected chi connectivity index (χ2v) is 6.24. The van der Waals surface area contributed by atoms with Gasteiger partial charge in [-0.25, -0.2) is 0 Å². The minimum Gasteiger partial charge on any atom is -0.495 e. The molecule has 0 radical (unpaired) electrons. The Bertz CT molecular complexity index is 452. The van der Waals surface area contributed by atoms with Gasteiger partial charge in [0.15, 0.2) is 0 Å². The Morgan fingerprint density at radius 3 is 2.55 bits per heavy atom. The van der Waals surface area contributed by atoms with Crippen molar-refractivity contribution in [1.82, 2.24) is 0 Å². The molecule has 0 fully saturated rings. The molecule has 0 aliphatic carbocycles. The van der Waals surface area contributed by atoms with Crippen molar-refractivity contribution in [3.63, 3.8) is 0 Å². The molecular formula is C16H24ClNO2. The maximum absolute atomic E-state index is 11.9. The average Bonchev–Trinajstić information content (AvgIpc) is 2.38. The summed E-state index contributed by atoms with van der Waals surface area (Å²) >= 11 is 5.61. The third kappa shape index (κ3) is 5.04. The highest BCUT2D eigenvalue weighted by Gasteiger charge is 2.16. The second kappa shape index (κ2) is 7.53. The summed E-state index contributed by atoms with van der Waals surface area (Å²) in [4.78, 5) is 11.9. The number of methoxy groups -OCH3 is 1. The molecule has 0 aromatic heterocycles. The summed E-state index contributed by atoms with van der Waals surface area (Å²) < 4.78 is 5.30. The number of carbonyl (C=O) groups excluding carboxylic acids is 1. The van der Waals surface area contributed by atoms with Crippen molar-refractivity contribution in [2.45, 2.75) is 45.4 Å². The molecule has 0 heterocycles. The summed E-state index contributed by atoms with van der Waals surface area (Å²) in [7, 11) is 1.61. The maximum Gasteiger partial charge on any atom is 0.224 e. The van der Waals surface area contributed by atoms with Gasteiger partial charge in [0.2, 0.25) is 5.91 Å². The number of unbranched alkanes of at least 4 members (excludes halogenated alkanes) is 1. The van der Waals surface area contributed by atoms with Crippen LogP contribution in [0.3, 0.4) is 0 Å². The zero-order chi connectivity index (χ0) is 15.2. The molecule has 0 unspecified atom stereocenters. The molecule has 1 aromatic carbocycles. The van der Waals surface area contributed by atoms with Crippen molar-refractivity contribution < 1.29 is 9.53 Å². The van der Waals surface area contributed by atoms with E-state index >= 15 is 0 Å². The van der Waals surface area contributed by atoms with Crippen LogP contribution in [0.2, 0.25) is 0 Å². The number of amides is 1. The van der Waals surface area contributed by atoms with Crippen molar-refractivity contribution in [3.8, 4) is 5.75 Å². The number of anilines is 1. The van der Waals surface area contributed by atoms with Gasteiger partial charge in [0, 0.05) is 12.3 Å². The van der Waals surface area contributed by atoms with E-state index in [1.165, 1.54) is 0 Å². The minimum absolute atomic E-state index is 0.000485. The second-order valence-electron chi connectivity index (χ2n) is 5.86. The minimum atomic E-state index is -0.000485. The molecule has 20 heavy (non-hydrogen) atoms. The van der Waals surface area contributed by atoms with Crippen molar-refractivity contribution in [2.75, 3.05) is 18.3 Å². The molecule has 112 valence electrons. The van der Waals surface area contributed by atoms with E-state index in [-0.39, 0.29) is 11.3 Å². The van der Waals surface area contributed by atoms with Crippen LogP contribution in [0.4, 0.5) is 5.69 Å². The number of nitrogens with one attached hydrogen (secondary N) is 1. The predicted molar refractivity (Wildman–Crippen MR) is 84.9 cm³/mol. The fourth-order valence-corrected chi connectivity index (χ4v) is 2.05. The van der Waals surface area contributed by atoms with E-state index in [2.05, 4.69) is 26.1 Å². The molecule has 4 heteroatoms. The van der Waals surface area contributed by atoms with Gasteiger partial charge in [0.1, 0.15) is 5.75 Å². The molecule has 0 spiro atoms. The van der Waals surface area contributed by atoms with Gasteiger partial charge in [0.05, 0.1) is 12.8 Å². The summed E-state index contributed by atoms with van der Waals surface area (Å²) in [6, 6.07) is 5.91. The van der Waals surface area contributed by atoms with Crippen molar-refractivity contribution in [2.24, 2.45) is 0 Å². The fourth-order valence-electron chi connectivity index (χ4n) is 1.86. The molecule has 1 aromatic rings. The molecule has 1 N–H and O–H groups in total. The van der Waals surface area contributed by atoms with Crippen LogP contribution in [0.1, 0.15) is 45.6 Å². The number of rotatable bonds is 6. The van der Waals surface area contributed by atoms with E-state index in [1.807, 2.05) is 18.2 Å². The van der Waals surface area contributed by atoms with Gasteiger partial charge >= 0.3 is 0 Å². The standard InChI is InChI=1S/C16H24ClNO2/c1-16(2,3)12-8-9-14(20-4)13(11-12)18-15(19)7-5-6-10-17/h8-9,11H,5-7,10H2,1-4H3,(H,18,19). The van der Waals surface area contributed by atoms with E-state index in [0.717, 1.165) is 24.1 Å². The molecule has 0 bridgehead atoms. The molecule has 0 atom stereocenters. The first-order chi connectivity index (χ1) is 9.38. The highest BCUT2D eigenvalue weighted by molar-refractivity contribution is 6.17. The van der Waals surface area contributed by atoms with Gasteiger partial charge in [-0.2, -0.15) is 0 Å². The molecular weight excluding hydrogens is 274 g/mol. The van der Waals surface area contributed by atoms with E-state index in [9.17, 15) is 4.79 Å². The SMILES string of the molecule is COc1ccc(C(C)(C)C)cc1NC(=O)CCCCCl. The van der Waals surface area contributed by atoms with Crippen molar-refractivity contribution >= 4 is 23.2 Å². The van der Waals surface area contributed by atoms with Crippen LogP contribution in [0.15, 0.2) is 18.2 Å². The first kappa shape index (κ1) is 16.8. The Kier molecular flexibility index (Phi) is 6.34. The zero-order valence-corrected chi connectivity index (χ0v) is 13.5. The molecule has 1 rings (SSSR count). The number of alkyl halides is 1. The molecule has 0 saturated heterocycles. The van der Waals surface area contributed by atoms with Gasteiger partial charge in [-0.3, -0.25) is 4.79 Å².